The van der Waals surface area contributed by atoms with Crippen molar-refractivity contribution in [2.45, 2.75) is 84.5 Å². The molecule has 34 heavy (non-hydrogen) atoms. The van der Waals surface area contributed by atoms with Crippen molar-refractivity contribution in [2.24, 2.45) is 0 Å². The minimum atomic E-state index is -3.90. The molecule has 0 saturated carbocycles. The number of hydrogen-bond acceptors (Lipinski definition) is 4. The Hall–Kier alpha value is -1.53. The molecule has 0 saturated heterocycles. The molecule has 1 amide bonds. The number of nitrogens with zero attached hydrogens (tertiary/aromatic N) is 1. The highest BCUT2D eigenvalue weighted by Gasteiger charge is 2.27. The standard InChI is InChI=1S/C26H40NO5PS/c1-25(2,3)20-16-19(17-21(23(20)28)26(4,5)6)18-22-24(29)27(13-15-34-22)12-10-8-7-9-11-14-33(30,31)32/h13,15-18,28H,7-12,14H2,1-6H3,(H2,30,31,32). The Kier molecular flexibility index (Phi) is 9.68. The van der Waals surface area contributed by atoms with Gasteiger partial charge in [-0.1, -0.05) is 72.6 Å². The van der Waals surface area contributed by atoms with Crippen molar-refractivity contribution in [2.75, 3.05) is 12.7 Å². The lowest BCUT2D eigenvalue weighted by Crippen LogP contribution is -2.29. The molecule has 0 aliphatic carbocycles. The number of rotatable bonds is 9. The molecule has 0 bridgehead atoms. The van der Waals surface area contributed by atoms with Gasteiger partial charge in [-0.15, -0.1) is 0 Å². The minimum absolute atomic E-state index is 0.0308. The molecule has 6 nitrogen and oxygen atoms in total. The van der Waals surface area contributed by atoms with Gasteiger partial charge in [-0.05, 0) is 52.9 Å². The number of amides is 1. The third-order valence-electron chi connectivity index (χ3n) is 5.80. The van der Waals surface area contributed by atoms with E-state index in [9.17, 15) is 14.5 Å². The van der Waals surface area contributed by atoms with Crippen LogP contribution in [0.25, 0.3) is 6.08 Å². The molecule has 1 aliphatic heterocycles. The maximum Gasteiger partial charge on any atom is 0.325 e. The van der Waals surface area contributed by atoms with Gasteiger partial charge in [0, 0.05) is 30.0 Å². The second-order valence-corrected chi connectivity index (χ2v) is 13.8. The molecule has 8 heteroatoms. The number of thioether (sulfide) groups is 1. The van der Waals surface area contributed by atoms with Crippen molar-refractivity contribution in [3.63, 3.8) is 0 Å². The number of phenols is 1. The van der Waals surface area contributed by atoms with Gasteiger partial charge in [0.15, 0.2) is 0 Å². The van der Waals surface area contributed by atoms with Crippen molar-refractivity contribution >= 4 is 31.3 Å². The Morgan fingerprint density at radius 2 is 1.47 bits per heavy atom. The molecule has 0 unspecified atom stereocenters. The Bertz CT molecular complexity index is 947. The van der Waals surface area contributed by atoms with Crippen LogP contribution in [0.2, 0.25) is 0 Å². The van der Waals surface area contributed by atoms with Gasteiger partial charge in [0.2, 0.25) is 0 Å². The number of hydrogen-bond donors (Lipinski definition) is 3. The summed E-state index contributed by atoms with van der Waals surface area (Å²) in [5.41, 5.74) is 2.17. The summed E-state index contributed by atoms with van der Waals surface area (Å²) in [4.78, 5) is 33.3. The number of carbonyl (C=O) groups excluding carboxylic acids is 1. The van der Waals surface area contributed by atoms with Gasteiger partial charge < -0.3 is 19.8 Å². The van der Waals surface area contributed by atoms with E-state index in [0.717, 1.165) is 42.4 Å². The van der Waals surface area contributed by atoms with Crippen molar-refractivity contribution in [1.29, 1.82) is 0 Å². The van der Waals surface area contributed by atoms with E-state index in [4.69, 9.17) is 9.79 Å². The van der Waals surface area contributed by atoms with Crippen molar-refractivity contribution < 1.29 is 24.3 Å². The lowest BCUT2D eigenvalue weighted by atomic mass is 9.78. The lowest BCUT2D eigenvalue weighted by molar-refractivity contribution is -0.124. The predicted molar refractivity (Wildman–Crippen MR) is 142 cm³/mol. The van der Waals surface area contributed by atoms with Gasteiger partial charge >= 0.3 is 7.60 Å². The largest absolute Gasteiger partial charge is 0.507 e. The fourth-order valence-electron chi connectivity index (χ4n) is 3.87. The van der Waals surface area contributed by atoms with Gasteiger partial charge in [0.05, 0.1) is 4.91 Å². The fourth-order valence-corrected chi connectivity index (χ4v) is 5.29. The maximum atomic E-state index is 13.1. The summed E-state index contributed by atoms with van der Waals surface area (Å²) in [6, 6.07) is 3.96. The molecule has 3 N–H and O–H groups in total. The van der Waals surface area contributed by atoms with Gasteiger partial charge in [-0.25, -0.2) is 0 Å². The number of aromatic hydroxyl groups is 1. The number of phenolic OH excluding ortho intramolecular Hbond substituents is 1. The highest BCUT2D eigenvalue weighted by molar-refractivity contribution is 8.06. The van der Waals surface area contributed by atoms with E-state index < -0.39 is 7.60 Å². The number of unbranched alkanes of at least 4 members (excludes halogenated alkanes) is 4. The van der Waals surface area contributed by atoms with E-state index in [-0.39, 0.29) is 22.9 Å². The monoisotopic (exact) mass is 509 g/mol. The van der Waals surface area contributed by atoms with Crippen LogP contribution in [0.5, 0.6) is 5.75 Å². The van der Waals surface area contributed by atoms with Gasteiger partial charge in [-0.2, -0.15) is 0 Å². The molecular weight excluding hydrogens is 469 g/mol. The minimum Gasteiger partial charge on any atom is -0.507 e. The lowest BCUT2D eigenvalue weighted by Gasteiger charge is -2.28. The van der Waals surface area contributed by atoms with Crippen LogP contribution in [0.1, 0.15) is 90.3 Å². The van der Waals surface area contributed by atoms with Crippen LogP contribution in [-0.2, 0) is 20.2 Å². The van der Waals surface area contributed by atoms with Crippen LogP contribution in [0, 0.1) is 0 Å². The van der Waals surface area contributed by atoms with Crippen LogP contribution in [0.4, 0.5) is 0 Å². The van der Waals surface area contributed by atoms with Crippen LogP contribution in [0.15, 0.2) is 28.6 Å². The average Bonchev–Trinajstić information content (AvgIpc) is 2.68. The summed E-state index contributed by atoms with van der Waals surface area (Å²) >= 11 is 1.41. The van der Waals surface area contributed by atoms with Crippen LogP contribution in [-0.4, -0.2) is 38.4 Å². The van der Waals surface area contributed by atoms with Gasteiger partial charge in [0.25, 0.3) is 5.91 Å². The highest BCUT2D eigenvalue weighted by Crippen LogP contribution is 2.41. The summed E-state index contributed by atoms with van der Waals surface area (Å²) < 4.78 is 10.9. The topological polar surface area (TPSA) is 98.1 Å². The molecule has 2 rings (SSSR count). The summed E-state index contributed by atoms with van der Waals surface area (Å²) in [5, 5.41) is 12.9. The third kappa shape index (κ3) is 8.60. The molecule has 1 aromatic rings. The summed E-state index contributed by atoms with van der Waals surface area (Å²) in [6.07, 6.45) is 7.61. The van der Waals surface area contributed by atoms with Crippen LogP contribution >= 0.6 is 19.4 Å². The van der Waals surface area contributed by atoms with Crippen molar-refractivity contribution in [3.05, 3.63) is 45.3 Å². The van der Waals surface area contributed by atoms with Gasteiger partial charge in [0.1, 0.15) is 5.75 Å². The zero-order chi connectivity index (χ0) is 25.7. The molecule has 0 atom stereocenters. The first-order valence-corrected chi connectivity index (χ1v) is 14.6. The zero-order valence-electron chi connectivity index (χ0n) is 21.3. The summed E-state index contributed by atoms with van der Waals surface area (Å²) in [5.74, 6) is 0.295. The molecule has 1 aliphatic rings. The van der Waals surface area contributed by atoms with Crippen molar-refractivity contribution in [3.8, 4) is 5.75 Å². The quantitative estimate of drug-likeness (QED) is 0.200. The van der Waals surface area contributed by atoms with E-state index in [2.05, 4.69) is 41.5 Å². The predicted octanol–water partition coefficient (Wildman–Crippen LogP) is 6.50. The molecule has 190 valence electrons. The zero-order valence-corrected chi connectivity index (χ0v) is 23.0. The molecular formula is C26H40NO5PS. The van der Waals surface area contributed by atoms with E-state index in [1.54, 1.807) is 4.90 Å². The molecule has 0 radical (unpaired) electrons. The number of carbonyl (C=O) groups is 1. The molecule has 0 spiro atoms. The Morgan fingerprint density at radius 1 is 0.941 bits per heavy atom. The third-order valence-corrected chi connectivity index (χ3v) is 7.50. The fraction of sp³-hybridized carbons (Fsp3) is 0.577. The Balaban J connectivity index is 2.10. The maximum absolute atomic E-state index is 13.1. The van der Waals surface area contributed by atoms with E-state index >= 15 is 0 Å². The average molecular weight is 510 g/mol. The van der Waals surface area contributed by atoms with E-state index in [1.807, 2.05) is 29.8 Å². The molecule has 0 fully saturated rings. The first kappa shape index (κ1) is 28.7. The van der Waals surface area contributed by atoms with Crippen LogP contribution < -0.4 is 0 Å². The van der Waals surface area contributed by atoms with Crippen LogP contribution in [0.3, 0.4) is 0 Å². The molecule has 0 aromatic heterocycles. The SMILES string of the molecule is CC(C)(C)c1cc(C=C2SC=CN(CCCCCCCP(=O)(O)O)C2=O)cc(C(C)(C)C)c1O. The smallest absolute Gasteiger partial charge is 0.325 e. The van der Waals surface area contributed by atoms with Crippen molar-refractivity contribution in [1.82, 2.24) is 4.90 Å². The summed E-state index contributed by atoms with van der Waals surface area (Å²) in [7, 11) is -3.90. The second-order valence-electron chi connectivity index (χ2n) is 11.0. The first-order valence-electron chi connectivity index (χ1n) is 11.9. The van der Waals surface area contributed by atoms with E-state index in [0.29, 0.717) is 23.6 Å². The Labute approximate surface area is 208 Å². The second kappa shape index (κ2) is 11.5. The first-order chi connectivity index (χ1) is 15.6. The van der Waals surface area contributed by atoms with Gasteiger partial charge in [-0.3, -0.25) is 9.36 Å². The molecule has 1 heterocycles. The normalized spacial score (nSPS) is 16.5. The molecule has 1 aromatic carbocycles. The summed E-state index contributed by atoms with van der Waals surface area (Å²) in [6.45, 7) is 13.0. The Morgan fingerprint density at radius 3 is 2.00 bits per heavy atom. The number of benzene rings is 1. The van der Waals surface area contributed by atoms with E-state index in [1.165, 1.54) is 11.8 Å². The highest BCUT2D eigenvalue weighted by atomic mass is 32.2.